The largest absolute Gasteiger partial charge is 0.496 e. The standard InChI is InChI=1S/C20H24FN5OS/c1-27-19-5-3-2-4-16(19)14-25-8-10-26(11-9-25)18-7-6-15(12-17(18)21)13-23-24-20(22)28/h2-7,12-13H,8-11,14H2,1H3,(H3,22,24,28). The molecule has 8 heteroatoms. The van der Waals surface area contributed by atoms with Crippen molar-refractivity contribution >= 4 is 29.2 Å². The van der Waals surface area contributed by atoms with Crippen LogP contribution in [0, 0.1) is 5.82 Å². The molecule has 0 aliphatic carbocycles. The van der Waals surface area contributed by atoms with Crippen molar-refractivity contribution in [1.29, 1.82) is 0 Å². The Morgan fingerprint density at radius 1 is 1.25 bits per heavy atom. The van der Waals surface area contributed by atoms with Gasteiger partial charge in [0.15, 0.2) is 5.11 Å². The van der Waals surface area contributed by atoms with Crippen LogP contribution in [0.5, 0.6) is 5.75 Å². The first-order valence-electron chi connectivity index (χ1n) is 9.04. The molecule has 2 aromatic carbocycles. The van der Waals surface area contributed by atoms with E-state index in [2.05, 4.69) is 38.6 Å². The van der Waals surface area contributed by atoms with E-state index in [-0.39, 0.29) is 10.9 Å². The van der Waals surface area contributed by atoms with Crippen LogP contribution in [-0.4, -0.2) is 49.5 Å². The molecule has 0 unspecified atom stereocenters. The lowest BCUT2D eigenvalue weighted by Gasteiger charge is -2.36. The molecule has 0 aromatic heterocycles. The maximum atomic E-state index is 14.6. The zero-order valence-electron chi connectivity index (χ0n) is 15.8. The lowest BCUT2D eigenvalue weighted by Crippen LogP contribution is -2.46. The molecule has 0 atom stereocenters. The lowest BCUT2D eigenvalue weighted by molar-refractivity contribution is 0.245. The van der Waals surface area contributed by atoms with E-state index in [0.29, 0.717) is 11.3 Å². The number of anilines is 1. The van der Waals surface area contributed by atoms with Crippen LogP contribution in [0.15, 0.2) is 47.6 Å². The Labute approximate surface area is 169 Å². The highest BCUT2D eigenvalue weighted by Crippen LogP contribution is 2.24. The second-order valence-corrected chi connectivity index (χ2v) is 6.96. The van der Waals surface area contributed by atoms with Crippen molar-refractivity contribution in [3.8, 4) is 5.75 Å². The molecule has 1 aliphatic rings. The zero-order valence-corrected chi connectivity index (χ0v) is 16.6. The number of thiocarbonyl (C=S) groups is 1. The Morgan fingerprint density at radius 3 is 2.68 bits per heavy atom. The molecule has 0 radical (unpaired) electrons. The number of nitrogens with one attached hydrogen (secondary N) is 1. The van der Waals surface area contributed by atoms with Gasteiger partial charge in [0, 0.05) is 38.3 Å². The van der Waals surface area contributed by atoms with Gasteiger partial charge in [0.05, 0.1) is 19.0 Å². The maximum absolute atomic E-state index is 14.6. The predicted molar refractivity (Wildman–Crippen MR) is 114 cm³/mol. The number of hydrazone groups is 1. The van der Waals surface area contributed by atoms with Crippen LogP contribution in [0.4, 0.5) is 10.1 Å². The van der Waals surface area contributed by atoms with Crippen molar-refractivity contribution in [2.75, 3.05) is 38.2 Å². The summed E-state index contributed by atoms with van der Waals surface area (Å²) in [6.45, 7) is 4.08. The molecular weight excluding hydrogens is 377 g/mol. The van der Waals surface area contributed by atoms with Gasteiger partial charge in [0.1, 0.15) is 11.6 Å². The number of rotatable bonds is 6. The molecule has 6 nitrogen and oxygen atoms in total. The molecule has 3 N–H and O–H groups in total. The Hall–Kier alpha value is -2.71. The van der Waals surface area contributed by atoms with Gasteiger partial charge in [-0.3, -0.25) is 10.3 Å². The fourth-order valence-electron chi connectivity index (χ4n) is 3.25. The van der Waals surface area contributed by atoms with Crippen molar-refractivity contribution in [2.45, 2.75) is 6.54 Å². The molecule has 0 spiro atoms. The predicted octanol–water partition coefficient (Wildman–Crippen LogP) is 2.32. The van der Waals surface area contributed by atoms with Gasteiger partial charge in [-0.05, 0) is 36.0 Å². The van der Waals surface area contributed by atoms with E-state index >= 15 is 0 Å². The van der Waals surface area contributed by atoms with E-state index in [4.69, 9.17) is 10.5 Å². The van der Waals surface area contributed by atoms with Crippen molar-refractivity contribution in [1.82, 2.24) is 10.3 Å². The fraction of sp³-hybridized carbons (Fsp3) is 0.300. The molecule has 3 rings (SSSR count). The normalized spacial score (nSPS) is 15.0. The summed E-state index contributed by atoms with van der Waals surface area (Å²) in [5.41, 5.74) is 10.2. The average Bonchev–Trinajstić information content (AvgIpc) is 2.69. The Kier molecular flexibility index (Phi) is 6.78. The molecular formula is C20H24FN5OS. The molecule has 0 amide bonds. The van der Waals surface area contributed by atoms with E-state index in [0.717, 1.165) is 38.5 Å². The van der Waals surface area contributed by atoms with E-state index in [1.165, 1.54) is 17.8 Å². The van der Waals surface area contributed by atoms with Gasteiger partial charge in [0.25, 0.3) is 0 Å². The number of benzene rings is 2. The number of piperazine rings is 1. The van der Waals surface area contributed by atoms with Crippen LogP contribution in [0.2, 0.25) is 0 Å². The summed E-state index contributed by atoms with van der Waals surface area (Å²) in [4.78, 5) is 4.43. The Bertz CT molecular complexity index is 852. The topological polar surface area (TPSA) is 66.1 Å². The van der Waals surface area contributed by atoms with Gasteiger partial charge in [0.2, 0.25) is 0 Å². The van der Waals surface area contributed by atoms with Crippen LogP contribution in [-0.2, 0) is 6.54 Å². The van der Waals surface area contributed by atoms with Gasteiger partial charge in [-0.2, -0.15) is 5.10 Å². The number of hydrogen-bond donors (Lipinski definition) is 2. The summed E-state index contributed by atoms with van der Waals surface area (Å²) in [7, 11) is 1.69. The summed E-state index contributed by atoms with van der Waals surface area (Å²) >= 11 is 4.67. The molecule has 1 fully saturated rings. The summed E-state index contributed by atoms with van der Waals surface area (Å²) in [6, 6.07) is 13.1. The number of methoxy groups -OCH3 is 1. The summed E-state index contributed by atoms with van der Waals surface area (Å²) in [5.74, 6) is 0.635. The number of halogens is 1. The van der Waals surface area contributed by atoms with Crippen molar-refractivity contribution in [2.24, 2.45) is 10.8 Å². The molecule has 0 saturated carbocycles. The number of nitrogens with zero attached hydrogens (tertiary/aromatic N) is 3. The number of hydrogen-bond acceptors (Lipinski definition) is 5. The van der Waals surface area contributed by atoms with Crippen molar-refractivity contribution < 1.29 is 9.13 Å². The molecule has 1 aliphatic heterocycles. The monoisotopic (exact) mass is 401 g/mol. The van der Waals surface area contributed by atoms with Crippen molar-refractivity contribution in [3.05, 3.63) is 59.4 Å². The SMILES string of the molecule is COc1ccccc1CN1CCN(c2ccc(C=NNC(N)=S)cc2F)CC1. The van der Waals surface area contributed by atoms with Gasteiger partial charge >= 0.3 is 0 Å². The minimum absolute atomic E-state index is 0.0688. The van der Waals surface area contributed by atoms with Crippen LogP contribution in [0.1, 0.15) is 11.1 Å². The Balaban J connectivity index is 1.58. The van der Waals surface area contributed by atoms with E-state index in [1.54, 1.807) is 13.2 Å². The summed E-state index contributed by atoms with van der Waals surface area (Å²) < 4.78 is 20.0. The summed E-state index contributed by atoms with van der Waals surface area (Å²) in [5, 5.41) is 3.92. The van der Waals surface area contributed by atoms with Gasteiger partial charge in [-0.15, -0.1) is 0 Å². The smallest absolute Gasteiger partial charge is 0.184 e. The highest BCUT2D eigenvalue weighted by Gasteiger charge is 2.20. The molecule has 28 heavy (non-hydrogen) atoms. The first-order chi connectivity index (χ1) is 13.6. The van der Waals surface area contributed by atoms with E-state index in [1.807, 2.05) is 24.3 Å². The molecule has 1 heterocycles. The fourth-order valence-corrected chi connectivity index (χ4v) is 3.30. The first kappa shape index (κ1) is 20.0. The quantitative estimate of drug-likeness (QED) is 0.440. The van der Waals surface area contributed by atoms with Gasteiger partial charge in [-0.25, -0.2) is 4.39 Å². The molecule has 1 saturated heterocycles. The first-order valence-corrected chi connectivity index (χ1v) is 9.45. The molecule has 148 valence electrons. The number of para-hydroxylation sites is 1. The minimum Gasteiger partial charge on any atom is -0.496 e. The second kappa shape index (κ2) is 9.48. The van der Waals surface area contributed by atoms with E-state index in [9.17, 15) is 4.39 Å². The summed E-state index contributed by atoms with van der Waals surface area (Å²) in [6.07, 6.45) is 1.48. The van der Waals surface area contributed by atoms with Crippen LogP contribution >= 0.6 is 12.2 Å². The van der Waals surface area contributed by atoms with Gasteiger partial charge in [-0.1, -0.05) is 24.3 Å². The van der Waals surface area contributed by atoms with Crippen molar-refractivity contribution in [3.63, 3.8) is 0 Å². The number of nitrogens with two attached hydrogens (primary N) is 1. The minimum atomic E-state index is -0.266. The maximum Gasteiger partial charge on any atom is 0.184 e. The van der Waals surface area contributed by atoms with Gasteiger partial charge < -0.3 is 15.4 Å². The highest BCUT2D eigenvalue weighted by molar-refractivity contribution is 7.80. The average molecular weight is 402 g/mol. The van der Waals surface area contributed by atoms with Crippen LogP contribution < -0.4 is 20.8 Å². The third kappa shape index (κ3) is 5.17. The van der Waals surface area contributed by atoms with Crippen LogP contribution in [0.3, 0.4) is 0 Å². The third-order valence-electron chi connectivity index (χ3n) is 4.66. The number of ether oxygens (including phenoxy) is 1. The zero-order chi connectivity index (χ0) is 19.9. The Morgan fingerprint density at radius 2 is 2.00 bits per heavy atom. The van der Waals surface area contributed by atoms with E-state index < -0.39 is 0 Å². The molecule has 2 aromatic rings. The molecule has 0 bridgehead atoms. The third-order valence-corrected chi connectivity index (χ3v) is 4.75. The highest BCUT2D eigenvalue weighted by atomic mass is 32.1. The van der Waals surface area contributed by atoms with Crippen LogP contribution in [0.25, 0.3) is 0 Å². The lowest BCUT2D eigenvalue weighted by atomic mass is 10.1. The second-order valence-electron chi connectivity index (χ2n) is 6.52.